The maximum absolute atomic E-state index is 9.61. The molecule has 92 valence electrons. The minimum atomic E-state index is -0.0432. The van der Waals surface area contributed by atoms with Crippen molar-refractivity contribution in [3.05, 3.63) is 34.9 Å². The quantitative estimate of drug-likeness (QED) is 0.873. The number of hydrogen-bond acceptors (Lipinski definition) is 2. The lowest BCUT2D eigenvalue weighted by Gasteiger charge is -2.17. The van der Waals surface area contributed by atoms with Crippen molar-refractivity contribution in [2.45, 2.75) is 25.5 Å². The average Bonchev–Trinajstić information content (AvgIpc) is 2.74. The number of hydrogen-bond donors (Lipinski definition) is 1. The van der Waals surface area contributed by atoms with Crippen molar-refractivity contribution >= 4 is 11.6 Å². The third kappa shape index (κ3) is 2.49. The van der Waals surface area contributed by atoms with Crippen LogP contribution in [0.25, 0.3) is 0 Å². The first-order valence-corrected chi connectivity index (χ1v) is 6.73. The van der Waals surface area contributed by atoms with Crippen molar-refractivity contribution in [3.8, 4) is 0 Å². The van der Waals surface area contributed by atoms with E-state index in [2.05, 4.69) is 11.0 Å². The summed E-state index contributed by atoms with van der Waals surface area (Å²) in [5, 5.41) is 10.4. The Morgan fingerprint density at radius 2 is 1.94 bits per heavy atom. The van der Waals surface area contributed by atoms with Crippen LogP contribution in [0, 0.1) is 11.8 Å². The highest BCUT2D eigenvalue weighted by Gasteiger charge is 2.39. The van der Waals surface area contributed by atoms with Gasteiger partial charge in [0.05, 0.1) is 6.10 Å². The zero-order valence-corrected chi connectivity index (χ0v) is 10.6. The van der Waals surface area contributed by atoms with Crippen LogP contribution in [-0.2, 0) is 6.54 Å². The second-order valence-electron chi connectivity index (χ2n) is 5.47. The molecule has 3 heteroatoms. The largest absolute Gasteiger partial charge is 0.393 e. The SMILES string of the molecule is OC1C[C@@H]2CN(Cc3cccc(Cl)c3)C[C@@H]2C1. The molecular formula is C14H18ClNO. The molecule has 1 saturated heterocycles. The zero-order chi connectivity index (χ0) is 11.8. The highest BCUT2D eigenvalue weighted by molar-refractivity contribution is 6.30. The molecule has 1 aromatic carbocycles. The number of halogens is 1. The molecule has 3 rings (SSSR count). The lowest BCUT2D eigenvalue weighted by atomic mass is 10.0. The Morgan fingerprint density at radius 1 is 1.24 bits per heavy atom. The van der Waals surface area contributed by atoms with Gasteiger partial charge in [-0.2, -0.15) is 0 Å². The predicted molar refractivity (Wildman–Crippen MR) is 68.9 cm³/mol. The molecule has 1 unspecified atom stereocenters. The molecular weight excluding hydrogens is 234 g/mol. The Labute approximate surface area is 107 Å². The van der Waals surface area contributed by atoms with E-state index in [1.54, 1.807) is 0 Å². The second kappa shape index (κ2) is 4.60. The minimum absolute atomic E-state index is 0.0432. The number of benzene rings is 1. The molecule has 1 saturated carbocycles. The third-order valence-corrected chi connectivity index (χ3v) is 4.33. The number of likely N-dealkylation sites (tertiary alicyclic amines) is 1. The van der Waals surface area contributed by atoms with E-state index in [-0.39, 0.29) is 6.10 Å². The Balaban J connectivity index is 1.62. The normalized spacial score (nSPS) is 32.9. The van der Waals surface area contributed by atoms with Crippen molar-refractivity contribution in [3.63, 3.8) is 0 Å². The molecule has 2 nitrogen and oxygen atoms in total. The first-order valence-electron chi connectivity index (χ1n) is 6.35. The summed E-state index contributed by atoms with van der Waals surface area (Å²) in [5.74, 6) is 1.42. The van der Waals surface area contributed by atoms with E-state index < -0.39 is 0 Å². The molecule has 1 aliphatic carbocycles. The summed E-state index contributed by atoms with van der Waals surface area (Å²) in [6.07, 6.45) is 1.95. The van der Waals surface area contributed by atoms with Gasteiger partial charge in [-0.3, -0.25) is 4.90 Å². The molecule has 0 amide bonds. The Kier molecular flexibility index (Phi) is 3.12. The van der Waals surface area contributed by atoms with Crippen molar-refractivity contribution in [2.24, 2.45) is 11.8 Å². The summed E-state index contributed by atoms with van der Waals surface area (Å²) in [6.45, 7) is 3.26. The summed E-state index contributed by atoms with van der Waals surface area (Å²) in [7, 11) is 0. The third-order valence-electron chi connectivity index (χ3n) is 4.10. The lowest BCUT2D eigenvalue weighted by Crippen LogP contribution is -2.22. The van der Waals surface area contributed by atoms with Crippen molar-refractivity contribution < 1.29 is 5.11 Å². The number of rotatable bonds is 2. The molecule has 1 heterocycles. The van der Waals surface area contributed by atoms with Gasteiger partial charge in [0.15, 0.2) is 0 Å². The fraction of sp³-hybridized carbons (Fsp3) is 0.571. The molecule has 2 aliphatic rings. The van der Waals surface area contributed by atoms with Gasteiger partial charge in [-0.1, -0.05) is 23.7 Å². The van der Waals surface area contributed by atoms with Crippen LogP contribution in [0.4, 0.5) is 0 Å². The first-order chi connectivity index (χ1) is 8.20. The number of aliphatic hydroxyl groups excluding tert-OH is 1. The Bertz CT molecular complexity index is 395. The number of fused-ring (bicyclic) bond motifs is 1. The molecule has 1 aliphatic heterocycles. The predicted octanol–water partition coefficient (Wildman–Crippen LogP) is 2.54. The van der Waals surface area contributed by atoms with Crippen LogP contribution in [0.2, 0.25) is 5.02 Å². The van der Waals surface area contributed by atoms with Gasteiger partial charge in [0.25, 0.3) is 0 Å². The van der Waals surface area contributed by atoms with Gasteiger partial charge < -0.3 is 5.11 Å². The highest BCUT2D eigenvalue weighted by Crippen LogP contribution is 2.38. The second-order valence-corrected chi connectivity index (χ2v) is 5.91. The van der Waals surface area contributed by atoms with Gasteiger partial charge in [-0.25, -0.2) is 0 Å². The van der Waals surface area contributed by atoms with Gasteiger partial charge in [0, 0.05) is 24.7 Å². The molecule has 1 aromatic rings. The standard InChI is InChI=1S/C14H18ClNO/c15-13-3-1-2-10(4-13)7-16-8-11-5-14(17)6-12(11)9-16/h1-4,11-12,14,17H,5-9H2/t11-,12+,14?. The van der Waals surface area contributed by atoms with Crippen LogP contribution in [0.5, 0.6) is 0 Å². The smallest absolute Gasteiger partial charge is 0.0546 e. The number of aliphatic hydroxyl groups is 1. The summed E-state index contributed by atoms with van der Waals surface area (Å²) in [4.78, 5) is 2.49. The van der Waals surface area contributed by atoms with Gasteiger partial charge >= 0.3 is 0 Å². The van der Waals surface area contributed by atoms with Gasteiger partial charge in [0.2, 0.25) is 0 Å². The van der Waals surface area contributed by atoms with E-state index in [9.17, 15) is 5.11 Å². The molecule has 0 bridgehead atoms. The maximum Gasteiger partial charge on any atom is 0.0546 e. The number of nitrogens with zero attached hydrogens (tertiary/aromatic N) is 1. The van der Waals surface area contributed by atoms with Gasteiger partial charge in [-0.05, 0) is 42.4 Å². The summed E-state index contributed by atoms with van der Waals surface area (Å²) in [6, 6.07) is 8.11. The van der Waals surface area contributed by atoms with E-state index in [0.717, 1.165) is 37.5 Å². The molecule has 3 atom stereocenters. The monoisotopic (exact) mass is 251 g/mol. The van der Waals surface area contributed by atoms with Crippen LogP contribution in [0.15, 0.2) is 24.3 Å². The van der Waals surface area contributed by atoms with E-state index in [0.29, 0.717) is 11.8 Å². The Morgan fingerprint density at radius 3 is 2.59 bits per heavy atom. The lowest BCUT2D eigenvalue weighted by molar-refractivity contribution is 0.161. The highest BCUT2D eigenvalue weighted by atomic mass is 35.5. The van der Waals surface area contributed by atoms with Crippen molar-refractivity contribution in [2.75, 3.05) is 13.1 Å². The van der Waals surface area contributed by atoms with Crippen molar-refractivity contribution in [1.29, 1.82) is 0 Å². The van der Waals surface area contributed by atoms with Crippen LogP contribution < -0.4 is 0 Å². The summed E-state index contributed by atoms with van der Waals surface area (Å²) >= 11 is 5.99. The van der Waals surface area contributed by atoms with E-state index in [1.165, 1.54) is 5.56 Å². The van der Waals surface area contributed by atoms with Crippen LogP contribution in [0.1, 0.15) is 18.4 Å². The average molecular weight is 252 g/mol. The van der Waals surface area contributed by atoms with E-state index in [4.69, 9.17) is 11.6 Å². The van der Waals surface area contributed by atoms with Gasteiger partial charge in [-0.15, -0.1) is 0 Å². The molecule has 0 spiro atoms. The van der Waals surface area contributed by atoms with Crippen LogP contribution in [0.3, 0.4) is 0 Å². The fourth-order valence-corrected chi connectivity index (χ4v) is 3.60. The first kappa shape index (κ1) is 11.5. The summed E-state index contributed by atoms with van der Waals surface area (Å²) in [5.41, 5.74) is 1.29. The maximum atomic E-state index is 9.61. The topological polar surface area (TPSA) is 23.5 Å². The fourth-order valence-electron chi connectivity index (χ4n) is 3.39. The molecule has 0 aromatic heterocycles. The molecule has 2 fully saturated rings. The molecule has 0 radical (unpaired) electrons. The van der Waals surface area contributed by atoms with E-state index >= 15 is 0 Å². The van der Waals surface area contributed by atoms with Crippen molar-refractivity contribution in [1.82, 2.24) is 4.90 Å². The minimum Gasteiger partial charge on any atom is -0.393 e. The van der Waals surface area contributed by atoms with E-state index in [1.807, 2.05) is 18.2 Å². The molecule has 1 N–H and O–H groups in total. The van der Waals surface area contributed by atoms with Gasteiger partial charge in [0.1, 0.15) is 0 Å². The molecule has 17 heavy (non-hydrogen) atoms. The zero-order valence-electron chi connectivity index (χ0n) is 9.85. The van der Waals surface area contributed by atoms with Crippen LogP contribution >= 0.6 is 11.6 Å². The Hall–Kier alpha value is -0.570. The van der Waals surface area contributed by atoms with Crippen LogP contribution in [-0.4, -0.2) is 29.2 Å². The summed E-state index contributed by atoms with van der Waals surface area (Å²) < 4.78 is 0.